The van der Waals surface area contributed by atoms with Crippen molar-refractivity contribution >= 4 is 17.0 Å². The molecule has 3 heterocycles. The zero-order valence-electron chi connectivity index (χ0n) is 18.3. The van der Waals surface area contributed by atoms with Crippen molar-refractivity contribution in [3.05, 3.63) is 63.5 Å². The van der Waals surface area contributed by atoms with Crippen molar-refractivity contribution in [3.8, 4) is 22.9 Å². The Bertz CT molecular complexity index is 1290. The van der Waals surface area contributed by atoms with Gasteiger partial charge in [0.2, 0.25) is 0 Å². The van der Waals surface area contributed by atoms with E-state index >= 15 is 0 Å². The zero-order chi connectivity index (χ0) is 22.1. The van der Waals surface area contributed by atoms with Gasteiger partial charge in [-0.2, -0.15) is 10.4 Å². The third-order valence-electron chi connectivity index (χ3n) is 6.21. The molecule has 4 aromatic rings. The van der Waals surface area contributed by atoms with Gasteiger partial charge in [-0.25, -0.2) is 14.5 Å². The van der Waals surface area contributed by atoms with E-state index in [-0.39, 0.29) is 0 Å². The van der Waals surface area contributed by atoms with Gasteiger partial charge in [0, 0.05) is 17.7 Å². The maximum absolute atomic E-state index is 9.43. The number of aromatic nitrogens is 4. The second-order valence-electron chi connectivity index (χ2n) is 8.35. The van der Waals surface area contributed by atoms with Crippen molar-refractivity contribution < 1.29 is 4.74 Å². The van der Waals surface area contributed by atoms with E-state index < -0.39 is 0 Å². The predicted octanol–water partition coefficient (Wildman–Crippen LogP) is 5.97. The molecule has 6 nitrogen and oxygen atoms in total. The summed E-state index contributed by atoms with van der Waals surface area (Å²) in [5.74, 6) is 1.25. The van der Waals surface area contributed by atoms with Crippen molar-refractivity contribution in [3.63, 3.8) is 0 Å². The SMILES string of the molecule is Cc1nc(C)c(COc2ccc(-c3cnc4c(C#N)cnn4c3C3CCCCC3)cc2)s1. The van der Waals surface area contributed by atoms with Crippen LogP contribution in [0.4, 0.5) is 0 Å². The number of ether oxygens (including phenoxy) is 1. The molecule has 0 saturated heterocycles. The molecule has 0 unspecified atom stereocenters. The monoisotopic (exact) mass is 443 g/mol. The van der Waals surface area contributed by atoms with Gasteiger partial charge in [0.15, 0.2) is 5.65 Å². The summed E-state index contributed by atoms with van der Waals surface area (Å²) in [5, 5.41) is 15.0. The van der Waals surface area contributed by atoms with Gasteiger partial charge in [-0.3, -0.25) is 0 Å². The summed E-state index contributed by atoms with van der Waals surface area (Å²) in [7, 11) is 0. The van der Waals surface area contributed by atoms with Crippen LogP contribution in [0.5, 0.6) is 5.75 Å². The highest BCUT2D eigenvalue weighted by Gasteiger charge is 2.24. The standard InChI is InChI=1S/C25H25N5OS/c1-16-23(32-17(2)29-16)15-31-21-10-8-18(9-11-21)22-14-27-25-20(12-26)13-28-30(25)24(22)19-6-4-3-5-7-19/h8-11,13-14,19H,3-7,15H2,1-2H3. The van der Waals surface area contributed by atoms with E-state index in [1.165, 1.54) is 25.0 Å². The van der Waals surface area contributed by atoms with Crippen LogP contribution < -0.4 is 4.74 Å². The highest BCUT2D eigenvalue weighted by atomic mass is 32.1. The molecule has 32 heavy (non-hydrogen) atoms. The van der Waals surface area contributed by atoms with E-state index in [0.717, 1.165) is 45.3 Å². The highest BCUT2D eigenvalue weighted by Crippen LogP contribution is 2.38. The number of benzene rings is 1. The van der Waals surface area contributed by atoms with Gasteiger partial charge >= 0.3 is 0 Å². The molecule has 0 radical (unpaired) electrons. The van der Waals surface area contributed by atoms with Crippen LogP contribution in [0.15, 0.2) is 36.7 Å². The Kier molecular flexibility index (Phi) is 5.62. The lowest BCUT2D eigenvalue weighted by Crippen LogP contribution is -2.12. The summed E-state index contributed by atoms with van der Waals surface area (Å²) < 4.78 is 7.91. The van der Waals surface area contributed by atoms with Crippen molar-refractivity contribution in [2.24, 2.45) is 0 Å². The number of nitrogens with zero attached hydrogens (tertiary/aromatic N) is 5. The van der Waals surface area contributed by atoms with E-state index in [0.29, 0.717) is 23.7 Å². The van der Waals surface area contributed by atoms with Gasteiger partial charge in [-0.15, -0.1) is 11.3 Å². The van der Waals surface area contributed by atoms with Crippen LogP contribution in [-0.4, -0.2) is 19.6 Å². The molecule has 0 spiro atoms. The first-order valence-corrected chi connectivity index (χ1v) is 11.9. The van der Waals surface area contributed by atoms with E-state index in [1.807, 2.05) is 36.7 Å². The molecule has 1 saturated carbocycles. The number of hydrogen-bond donors (Lipinski definition) is 0. The minimum atomic E-state index is 0.421. The molecule has 5 rings (SSSR count). The van der Waals surface area contributed by atoms with Gasteiger partial charge in [-0.1, -0.05) is 31.4 Å². The van der Waals surface area contributed by atoms with Crippen molar-refractivity contribution in [2.45, 2.75) is 58.5 Å². The third kappa shape index (κ3) is 3.87. The van der Waals surface area contributed by atoms with Crippen LogP contribution in [0.3, 0.4) is 0 Å². The second-order valence-corrected chi connectivity index (χ2v) is 9.64. The Hall–Kier alpha value is -3.24. The first kappa shape index (κ1) is 20.7. The van der Waals surface area contributed by atoms with Crippen LogP contribution in [0.1, 0.15) is 64.9 Å². The topological polar surface area (TPSA) is 76.1 Å². The van der Waals surface area contributed by atoms with Crippen molar-refractivity contribution in [1.29, 1.82) is 5.26 Å². The molecule has 0 amide bonds. The molecule has 1 aliphatic carbocycles. The molecule has 7 heteroatoms. The summed E-state index contributed by atoms with van der Waals surface area (Å²) in [6.45, 7) is 4.57. The van der Waals surface area contributed by atoms with Gasteiger partial charge in [0.05, 0.1) is 27.5 Å². The summed E-state index contributed by atoms with van der Waals surface area (Å²) >= 11 is 1.68. The summed E-state index contributed by atoms with van der Waals surface area (Å²) in [6.07, 6.45) is 9.55. The van der Waals surface area contributed by atoms with Crippen molar-refractivity contribution in [2.75, 3.05) is 0 Å². The van der Waals surface area contributed by atoms with E-state index in [2.05, 4.69) is 33.3 Å². The summed E-state index contributed by atoms with van der Waals surface area (Å²) in [5.41, 5.74) is 5.54. The first-order valence-electron chi connectivity index (χ1n) is 11.1. The third-order valence-corrected chi connectivity index (χ3v) is 7.26. The van der Waals surface area contributed by atoms with Crippen LogP contribution in [-0.2, 0) is 6.61 Å². The second kappa shape index (κ2) is 8.71. The minimum absolute atomic E-state index is 0.421. The number of hydrogen-bond acceptors (Lipinski definition) is 6. The van der Waals surface area contributed by atoms with Crippen LogP contribution in [0, 0.1) is 25.2 Å². The first-order chi connectivity index (χ1) is 15.6. The number of thiazole rings is 1. The zero-order valence-corrected chi connectivity index (χ0v) is 19.2. The van der Waals surface area contributed by atoms with Crippen LogP contribution in [0.25, 0.3) is 16.8 Å². The van der Waals surface area contributed by atoms with Gasteiger partial charge in [-0.05, 0) is 44.4 Å². The maximum Gasteiger partial charge on any atom is 0.173 e. The number of aryl methyl sites for hydroxylation is 2. The van der Waals surface area contributed by atoms with Crippen LogP contribution in [0.2, 0.25) is 0 Å². The lowest BCUT2D eigenvalue weighted by Gasteiger charge is -2.25. The molecule has 162 valence electrons. The maximum atomic E-state index is 9.43. The van der Waals surface area contributed by atoms with Gasteiger partial charge < -0.3 is 4.74 Å². The molecule has 1 fully saturated rings. The fourth-order valence-electron chi connectivity index (χ4n) is 4.61. The molecular weight excluding hydrogens is 418 g/mol. The Balaban J connectivity index is 1.47. The average molecular weight is 444 g/mol. The highest BCUT2D eigenvalue weighted by molar-refractivity contribution is 7.11. The minimum Gasteiger partial charge on any atom is -0.488 e. The number of nitriles is 1. The normalized spacial score (nSPS) is 14.5. The van der Waals surface area contributed by atoms with Crippen molar-refractivity contribution in [1.82, 2.24) is 19.6 Å². The molecule has 3 aromatic heterocycles. The molecule has 1 aromatic carbocycles. The number of rotatable bonds is 5. The smallest absolute Gasteiger partial charge is 0.173 e. The molecular formula is C25H25N5OS. The predicted molar refractivity (Wildman–Crippen MR) is 125 cm³/mol. The van der Waals surface area contributed by atoms with Gasteiger partial charge in [0.1, 0.15) is 24.0 Å². The summed E-state index contributed by atoms with van der Waals surface area (Å²) in [6, 6.07) is 10.4. The molecule has 0 atom stereocenters. The molecule has 1 aliphatic rings. The van der Waals surface area contributed by atoms with Crippen LogP contribution >= 0.6 is 11.3 Å². The quantitative estimate of drug-likeness (QED) is 0.380. The molecule has 0 bridgehead atoms. The lowest BCUT2D eigenvalue weighted by molar-refractivity contribution is 0.309. The number of fused-ring (bicyclic) bond motifs is 1. The Morgan fingerprint density at radius 1 is 1.12 bits per heavy atom. The van der Waals surface area contributed by atoms with E-state index in [4.69, 9.17) is 4.74 Å². The Morgan fingerprint density at radius 3 is 2.59 bits per heavy atom. The van der Waals surface area contributed by atoms with Gasteiger partial charge in [0.25, 0.3) is 0 Å². The summed E-state index contributed by atoms with van der Waals surface area (Å²) in [4.78, 5) is 10.2. The fourth-order valence-corrected chi connectivity index (χ4v) is 5.46. The molecule has 0 aliphatic heterocycles. The Labute approximate surface area is 191 Å². The fraction of sp³-hybridized carbons (Fsp3) is 0.360. The lowest BCUT2D eigenvalue weighted by atomic mass is 9.84. The Morgan fingerprint density at radius 2 is 1.91 bits per heavy atom. The van der Waals surface area contributed by atoms with E-state index in [9.17, 15) is 5.26 Å². The molecule has 0 N–H and O–H groups in total. The van der Waals surface area contributed by atoms with E-state index in [1.54, 1.807) is 17.5 Å². The largest absolute Gasteiger partial charge is 0.488 e. The average Bonchev–Trinajstić information content (AvgIpc) is 3.39.